The second-order valence-electron chi connectivity index (χ2n) is 4.17. The lowest BCUT2D eigenvalue weighted by molar-refractivity contribution is 0.445. The third-order valence-electron chi connectivity index (χ3n) is 2.73. The molecule has 0 saturated carbocycles. The van der Waals surface area contributed by atoms with Gasteiger partial charge in [-0.25, -0.2) is 0 Å². The van der Waals surface area contributed by atoms with Gasteiger partial charge in [-0.1, -0.05) is 6.07 Å². The first-order valence-corrected chi connectivity index (χ1v) is 6.81. The summed E-state index contributed by atoms with van der Waals surface area (Å²) in [6, 6.07) is 9.51. The van der Waals surface area contributed by atoms with Crippen LogP contribution in [-0.4, -0.2) is 26.5 Å². The monoisotopic (exact) mass is 301 g/mol. The molecule has 0 unspecified atom stereocenters. The maximum Gasteiger partial charge on any atom is 0.328 e. The van der Waals surface area contributed by atoms with Crippen molar-refractivity contribution in [3.05, 3.63) is 41.8 Å². The van der Waals surface area contributed by atoms with E-state index in [1.807, 2.05) is 37.3 Å². The summed E-state index contributed by atoms with van der Waals surface area (Å²) in [5.74, 6) is 0.996. The molecule has 21 heavy (non-hydrogen) atoms. The van der Waals surface area contributed by atoms with Gasteiger partial charge in [-0.15, -0.1) is 0 Å². The molecule has 0 aliphatic carbocycles. The Morgan fingerprint density at radius 3 is 2.90 bits per heavy atom. The largest absolute Gasteiger partial charge is 0.423 e. The summed E-state index contributed by atoms with van der Waals surface area (Å²) in [4.78, 5) is 16.4. The Morgan fingerprint density at radius 2 is 2.05 bits per heavy atom. The minimum Gasteiger partial charge on any atom is -0.423 e. The summed E-state index contributed by atoms with van der Waals surface area (Å²) in [7, 11) is 0. The molecule has 0 bridgehead atoms. The molecule has 106 valence electrons. The van der Waals surface area contributed by atoms with Gasteiger partial charge in [0, 0.05) is 18.1 Å². The predicted octanol–water partition coefficient (Wildman–Crippen LogP) is 3.30. The Kier molecular flexibility index (Phi) is 3.79. The van der Waals surface area contributed by atoms with E-state index in [1.54, 1.807) is 6.20 Å². The number of fused-ring (bicyclic) bond motifs is 1. The summed E-state index contributed by atoms with van der Waals surface area (Å²) in [5, 5.41) is 3.93. The van der Waals surface area contributed by atoms with E-state index < -0.39 is 0 Å². The van der Waals surface area contributed by atoms with E-state index >= 15 is 0 Å². The smallest absolute Gasteiger partial charge is 0.328 e. The number of hydrogen-bond acceptors (Lipinski definition) is 6. The zero-order valence-corrected chi connectivity index (χ0v) is 12.0. The van der Waals surface area contributed by atoms with Crippen LogP contribution in [0.5, 0.6) is 11.8 Å². The average molecular weight is 302 g/mol. The third kappa shape index (κ3) is 3.00. The van der Waals surface area contributed by atoms with Crippen LogP contribution in [0.1, 0.15) is 6.92 Å². The van der Waals surface area contributed by atoms with Gasteiger partial charge in [0.2, 0.25) is 11.2 Å². The molecular formula is C14H12ClN5O. The molecule has 3 rings (SSSR count). The fraction of sp³-hybridized carbons (Fsp3) is 0.143. The van der Waals surface area contributed by atoms with E-state index in [1.165, 1.54) is 0 Å². The van der Waals surface area contributed by atoms with Gasteiger partial charge in [0.25, 0.3) is 0 Å². The number of halogens is 1. The highest BCUT2D eigenvalue weighted by atomic mass is 35.5. The third-order valence-corrected chi connectivity index (χ3v) is 2.90. The fourth-order valence-corrected chi connectivity index (χ4v) is 2.03. The Bertz CT molecular complexity index is 775. The molecule has 0 spiro atoms. The van der Waals surface area contributed by atoms with E-state index in [0.717, 1.165) is 10.9 Å². The van der Waals surface area contributed by atoms with E-state index in [2.05, 4.69) is 25.3 Å². The Balaban J connectivity index is 1.98. The fourth-order valence-electron chi connectivity index (χ4n) is 1.88. The molecule has 0 aliphatic rings. The lowest BCUT2D eigenvalue weighted by Crippen LogP contribution is -2.04. The molecule has 0 saturated heterocycles. The molecular weight excluding hydrogens is 290 g/mol. The first-order chi connectivity index (χ1) is 10.3. The maximum atomic E-state index is 5.88. The highest BCUT2D eigenvalue weighted by molar-refractivity contribution is 6.28. The number of pyridine rings is 1. The molecule has 0 fully saturated rings. The van der Waals surface area contributed by atoms with Gasteiger partial charge < -0.3 is 10.1 Å². The summed E-state index contributed by atoms with van der Waals surface area (Å²) < 4.78 is 5.73. The standard InChI is InChI=1S/C14H12ClN5O/c1-2-16-13-18-12(15)19-14(20-13)21-11-7-3-6-10-9(11)5-4-8-17-10/h3-8H,2H2,1H3,(H,16,18,19,20). The second-order valence-corrected chi connectivity index (χ2v) is 4.51. The highest BCUT2D eigenvalue weighted by Crippen LogP contribution is 2.27. The van der Waals surface area contributed by atoms with Crippen molar-refractivity contribution in [2.24, 2.45) is 0 Å². The van der Waals surface area contributed by atoms with Crippen LogP contribution in [0.3, 0.4) is 0 Å². The first-order valence-electron chi connectivity index (χ1n) is 6.43. The Morgan fingerprint density at radius 1 is 1.14 bits per heavy atom. The van der Waals surface area contributed by atoms with Crippen LogP contribution in [0.25, 0.3) is 10.9 Å². The maximum absolute atomic E-state index is 5.88. The van der Waals surface area contributed by atoms with Crippen molar-refractivity contribution in [3.8, 4) is 11.8 Å². The number of hydrogen-bond donors (Lipinski definition) is 1. The SMILES string of the molecule is CCNc1nc(Cl)nc(Oc2cccc3ncccc23)n1. The van der Waals surface area contributed by atoms with Crippen LogP contribution in [0.2, 0.25) is 5.28 Å². The van der Waals surface area contributed by atoms with Crippen molar-refractivity contribution in [2.75, 3.05) is 11.9 Å². The van der Waals surface area contributed by atoms with Gasteiger partial charge in [-0.2, -0.15) is 15.0 Å². The van der Waals surface area contributed by atoms with Gasteiger partial charge in [0.15, 0.2) is 0 Å². The van der Waals surface area contributed by atoms with Crippen molar-refractivity contribution in [1.82, 2.24) is 19.9 Å². The van der Waals surface area contributed by atoms with E-state index in [4.69, 9.17) is 16.3 Å². The van der Waals surface area contributed by atoms with Crippen LogP contribution >= 0.6 is 11.6 Å². The number of nitrogens with zero attached hydrogens (tertiary/aromatic N) is 4. The van der Waals surface area contributed by atoms with E-state index in [9.17, 15) is 0 Å². The molecule has 1 N–H and O–H groups in total. The van der Waals surface area contributed by atoms with Gasteiger partial charge >= 0.3 is 6.01 Å². The Labute approximate surface area is 126 Å². The van der Waals surface area contributed by atoms with Gasteiger partial charge in [0.05, 0.1) is 5.52 Å². The van der Waals surface area contributed by atoms with Crippen LogP contribution < -0.4 is 10.1 Å². The van der Waals surface area contributed by atoms with Gasteiger partial charge in [-0.05, 0) is 42.8 Å². The molecule has 6 nitrogen and oxygen atoms in total. The Hall–Kier alpha value is -2.47. The second kappa shape index (κ2) is 5.88. The van der Waals surface area contributed by atoms with E-state index in [-0.39, 0.29) is 11.3 Å². The zero-order chi connectivity index (χ0) is 14.7. The van der Waals surface area contributed by atoms with Crippen molar-refractivity contribution >= 4 is 28.5 Å². The minimum absolute atomic E-state index is 0.0781. The van der Waals surface area contributed by atoms with Crippen molar-refractivity contribution in [2.45, 2.75) is 6.92 Å². The minimum atomic E-state index is 0.0781. The number of aromatic nitrogens is 4. The van der Waals surface area contributed by atoms with Gasteiger partial charge in [-0.3, -0.25) is 4.98 Å². The van der Waals surface area contributed by atoms with Crippen LogP contribution in [-0.2, 0) is 0 Å². The topological polar surface area (TPSA) is 72.8 Å². The number of rotatable bonds is 4. The lowest BCUT2D eigenvalue weighted by atomic mass is 10.2. The average Bonchev–Trinajstić information content (AvgIpc) is 2.47. The molecule has 2 heterocycles. The molecule has 3 aromatic rings. The lowest BCUT2D eigenvalue weighted by Gasteiger charge is -2.08. The molecule has 2 aromatic heterocycles. The summed E-state index contributed by atoms with van der Waals surface area (Å²) in [6.07, 6.45) is 1.73. The number of nitrogens with one attached hydrogen (secondary N) is 1. The van der Waals surface area contributed by atoms with Crippen LogP contribution in [0.4, 0.5) is 5.95 Å². The molecule has 0 radical (unpaired) electrons. The number of anilines is 1. The van der Waals surface area contributed by atoms with Crippen molar-refractivity contribution in [1.29, 1.82) is 0 Å². The number of ether oxygens (including phenoxy) is 1. The van der Waals surface area contributed by atoms with E-state index in [0.29, 0.717) is 18.2 Å². The highest BCUT2D eigenvalue weighted by Gasteiger charge is 2.09. The predicted molar refractivity (Wildman–Crippen MR) is 80.8 cm³/mol. The summed E-state index contributed by atoms with van der Waals surface area (Å²) in [5.41, 5.74) is 0.835. The van der Waals surface area contributed by atoms with Gasteiger partial charge in [0.1, 0.15) is 5.75 Å². The molecule has 0 atom stereocenters. The normalized spacial score (nSPS) is 10.6. The quantitative estimate of drug-likeness (QED) is 0.797. The van der Waals surface area contributed by atoms with Crippen molar-refractivity contribution in [3.63, 3.8) is 0 Å². The number of benzene rings is 1. The summed E-state index contributed by atoms with van der Waals surface area (Å²) in [6.45, 7) is 2.62. The molecule has 7 heteroatoms. The molecule has 1 aromatic carbocycles. The molecule has 0 aliphatic heterocycles. The van der Waals surface area contributed by atoms with Crippen LogP contribution in [0, 0.1) is 0 Å². The van der Waals surface area contributed by atoms with Crippen LogP contribution in [0.15, 0.2) is 36.5 Å². The zero-order valence-electron chi connectivity index (χ0n) is 11.2. The first kappa shape index (κ1) is 13.5. The summed E-state index contributed by atoms with van der Waals surface area (Å²) >= 11 is 5.88. The molecule has 0 amide bonds. The van der Waals surface area contributed by atoms with Crippen molar-refractivity contribution < 1.29 is 4.74 Å².